The number of carbonyl (C=O) groups excluding carboxylic acids is 1. The molecule has 0 unspecified atom stereocenters. The molecule has 5 aromatic rings. The molecule has 9 heteroatoms. The lowest BCUT2D eigenvalue weighted by atomic mass is 9.95. The second-order valence-corrected chi connectivity index (χ2v) is 13.5. The topological polar surface area (TPSA) is 87.0 Å². The SMILES string of the molecule is CC(C)(C)OC(=O)[C@H]1[C@H](Cn2nnc3ccccc3c2=O)CC[C@@H]1Sc1ccc(-c2nc3ccccc3s2)cc1. The number of hydrogen-bond acceptors (Lipinski definition) is 8. The zero-order chi connectivity index (χ0) is 27.9. The van der Waals surface area contributed by atoms with Crippen molar-refractivity contribution in [1.82, 2.24) is 20.0 Å². The van der Waals surface area contributed by atoms with Crippen molar-refractivity contribution < 1.29 is 9.53 Å². The lowest BCUT2D eigenvalue weighted by Gasteiger charge is -2.28. The molecule has 1 fully saturated rings. The van der Waals surface area contributed by atoms with E-state index >= 15 is 0 Å². The van der Waals surface area contributed by atoms with Gasteiger partial charge in [-0.2, -0.15) is 0 Å². The Hall–Kier alpha value is -3.56. The van der Waals surface area contributed by atoms with Crippen molar-refractivity contribution in [2.24, 2.45) is 11.8 Å². The van der Waals surface area contributed by atoms with Gasteiger partial charge in [0.05, 0.1) is 28.1 Å². The molecule has 0 amide bonds. The molecular formula is C31H30N4O3S2. The minimum Gasteiger partial charge on any atom is -0.460 e. The second-order valence-electron chi connectivity index (χ2n) is 11.2. The standard InChI is InChI=1S/C31H30N4O3S2/c1-31(2,3)38-30(37)27-20(18-35-29(36)22-8-4-5-9-23(22)33-34-35)14-17-26(27)39-21-15-12-19(13-16-21)28-32-24-10-6-7-11-25(24)40-28/h4-13,15-16,20,26-27H,14,17-18H2,1-3H3/t20-,26-,27-/m0/s1. The molecule has 2 heterocycles. The maximum atomic E-state index is 13.5. The number of thiazole rings is 1. The fourth-order valence-corrected chi connectivity index (χ4v) is 7.65. The summed E-state index contributed by atoms with van der Waals surface area (Å²) in [7, 11) is 0. The summed E-state index contributed by atoms with van der Waals surface area (Å²) in [6.45, 7) is 5.99. The molecule has 2 aromatic heterocycles. The maximum absolute atomic E-state index is 13.5. The van der Waals surface area contributed by atoms with Gasteiger partial charge in [0.1, 0.15) is 16.1 Å². The van der Waals surface area contributed by atoms with Crippen LogP contribution in [-0.4, -0.2) is 36.8 Å². The lowest BCUT2D eigenvalue weighted by Crippen LogP contribution is -2.37. The van der Waals surface area contributed by atoms with Crippen LogP contribution >= 0.6 is 23.1 Å². The van der Waals surface area contributed by atoms with E-state index in [1.165, 1.54) is 9.38 Å². The van der Waals surface area contributed by atoms with Gasteiger partial charge in [0.15, 0.2) is 0 Å². The monoisotopic (exact) mass is 570 g/mol. The Morgan fingerprint density at radius 1 is 1.00 bits per heavy atom. The Morgan fingerprint density at radius 2 is 1.73 bits per heavy atom. The third-order valence-corrected chi connectivity index (χ3v) is 9.59. The van der Waals surface area contributed by atoms with Gasteiger partial charge in [0, 0.05) is 15.7 Å². The van der Waals surface area contributed by atoms with Gasteiger partial charge in [-0.3, -0.25) is 9.59 Å². The van der Waals surface area contributed by atoms with E-state index in [9.17, 15) is 9.59 Å². The Kier molecular flexibility index (Phi) is 7.18. The molecule has 0 aliphatic heterocycles. The number of benzene rings is 3. The van der Waals surface area contributed by atoms with Crippen molar-refractivity contribution in [1.29, 1.82) is 0 Å². The summed E-state index contributed by atoms with van der Waals surface area (Å²) in [6.07, 6.45) is 1.64. The highest BCUT2D eigenvalue weighted by atomic mass is 32.2. The number of carbonyl (C=O) groups is 1. The number of para-hydroxylation sites is 1. The minimum absolute atomic E-state index is 0.0252. The van der Waals surface area contributed by atoms with E-state index in [0.717, 1.165) is 33.8 Å². The normalized spacial score (nSPS) is 19.3. The van der Waals surface area contributed by atoms with E-state index in [0.29, 0.717) is 17.4 Å². The van der Waals surface area contributed by atoms with Crippen LogP contribution in [0.3, 0.4) is 0 Å². The number of fused-ring (bicyclic) bond motifs is 2. The molecule has 1 aliphatic rings. The zero-order valence-corrected chi connectivity index (χ0v) is 24.2. The first-order chi connectivity index (χ1) is 19.2. The van der Waals surface area contributed by atoms with Crippen LogP contribution in [0, 0.1) is 11.8 Å². The van der Waals surface area contributed by atoms with Gasteiger partial charge >= 0.3 is 5.97 Å². The van der Waals surface area contributed by atoms with Crippen molar-refractivity contribution in [3.05, 3.63) is 83.2 Å². The fourth-order valence-electron chi connectivity index (χ4n) is 5.30. The molecule has 6 rings (SSSR count). The largest absolute Gasteiger partial charge is 0.460 e. The molecule has 0 radical (unpaired) electrons. The van der Waals surface area contributed by atoms with E-state index in [1.807, 2.05) is 51.1 Å². The van der Waals surface area contributed by atoms with Crippen LogP contribution in [0.1, 0.15) is 33.6 Å². The van der Waals surface area contributed by atoms with Gasteiger partial charge in [0.2, 0.25) is 0 Å². The zero-order valence-electron chi connectivity index (χ0n) is 22.6. The van der Waals surface area contributed by atoms with E-state index in [2.05, 4.69) is 40.6 Å². The lowest BCUT2D eigenvalue weighted by molar-refractivity contribution is -0.161. The summed E-state index contributed by atoms with van der Waals surface area (Å²) in [5.74, 6) is -0.670. The number of esters is 1. The number of nitrogens with zero attached hydrogens (tertiary/aromatic N) is 4. The van der Waals surface area contributed by atoms with Crippen LogP contribution < -0.4 is 5.56 Å². The molecular weight excluding hydrogens is 541 g/mol. The van der Waals surface area contributed by atoms with Crippen molar-refractivity contribution >= 4 is 50.2 Å². The number of hydrogen-bond donors (Lipinski definition) is 0. The Labute approximate surface area is 240 Å². The van der Waals surface area contributed by atoms with E-state index in [-0.39, 0.29) is 28.6 Å². The fraction of sp³-hybridized carbons (Fsp3) is 0.323. The van der Waals surface area contributed by atoms with Crippen LogP contribution in [0.15, 0.2) is 82.5 Å². The van der Waals surface area contributed by atoms with Crippen LogP contribution in [0.5, 0.6) is 0 Å². The van der Waals surface area contributed by atoms with Gasteiger partial charge in [-0.1, -0.05) is 41.6 Å². The highest BCUT2D eigenvalue weighted by molar-refractivity contribution is 8.00. The van der Waals surface area contributed by atoms with Crippen LogP contribution in [-0.2, 0) is 16.1 Å². The molecule has 1 aliphatic carbocycles. The van der Waals surface area contributed by atoms with Gasteiger partial charge in [-0.25, -0.2) is 9.67 Å². The predicted octanol–water partition coefficient (Wildman–Crippen LogP) is 6.60. The summed E-state index contributed by atoms with van der Waals surface area (Å²) in [4.78, 5) is 32.5. The quantitative estimate of drug-likeness (QED) is 0.213. The van der Waals surface area contributed by atoms with E-state index in [1.54, 1.807) is 35.2 Å². The highest BCUT2D eigenvalue weighted by Crippen LogP contribution is 2.44. The van der Waals surface area contributed by atoms with E-state index < -0.39 is 5.60 Å². The molecule has 204 valence electrons. The maximum Gasteiger partial charge on any atom is 0.310 e. The molecule has 7 nitrogen and oxygen atoms in total. The van der Waals surface area contributed by atoms with Gasteiger partial charge in [-0.15, -0.1) is 28.2 Å². The molecule has 40 heavy (non-hydrogen) atoms. The first-order valence-corrected chi connectivity index (χ1v) is 15.1. The molecule has 3 atom stereocenters. The Morgan fingerprint density at radius 3 is 2.48 bits per heavy atom. The average Bonchev–Trinajstić information content (AvgIpc) is 3.54. The third kappa shape index (κ3) is 5.53. The smallest absolute Gasteiger partial charge is 0.310 e. The predicted molar refractivity (Wildman–Crippen MR) is 161 cm³/mol. The van der Waals surface area contributed by atoms with E-state index in [4.69, 9.17) is 9.72 Å². The van der Waals surface area contributed by atoms with Gasteiger partial charge in [-0.05, 0) is 75.9 Å². The second kappa shape index (κ2) is 10.8. The Balaban J connectivity index is 1.23. The minimum atomic E-state index is -0.599. The number of thioether (sulfide) groups is 1. The molecule has 0 bridgehead atoms. The summed E-state index contributed by atoms with van der Waals surface area (Å²) in [6, 6.07) is 23.8. The number of aromatic nitrogens is 4. The van der Waals surface area contributed by atoms with Gasteiger partial charge < -0.3 is 4.74 Å². The summed E-state index contributed by atoms with van der Waals surface area (Å²) >= 11 is 3.39. The first kappa shape index (κ1) is 26.7. The molecule has 0 saturated heterocycles. The summed E-state index contributed by atoms with van der Waals surface area (Å²) in [5, 5.41) is 9.98. The Bertz CT molecular complexity index is 1710. The van der Waals surface area contributed by atoms with Crippen LogP contribution in [0.25, 0.3) is 31.7 Å². The number of rotatable bonds is 6. The third-order valence-electron chi connectivity index (χ3n) is 7.13. The summed E-state index contributed by atoms with van der Waals surface area (Å²) in [5.41, 5.74) is 1.87. The molecule has 1 saturated carbocycles. The van der Waals surface area contributed by atoms with Gasteiger partial charge in [0.25, 0.3) is 5.56 Å². The summed E-state index contributed by atoms with van der Waals surface area (Å²) < 4.78 is 8.46. The first-order valence-electron chi connectivity index (χ1n) is 13.4. The van der Waals surface area contributed by atoms with Crippen molar-refractivity contribution in [3.63, 3.8) is 0 Å². The average molecular weight is 571 g/mol. The highest BCUT2D eigenvalue weighted by Gasteiger charge is 2.44. The van der Waals surface area contributed by atoms with Crippen LogP contribution in [0.4, 0.5) is 0 Å². The van der Waals surface area contributed by atoms with Crippen molar-refractivity contribution in [2.45, 2.75) is 55.9 Å². The molecule has 0 spiro atoms. The van der Waals surface area contributed by atoms with Crippen LogP contribution in [0.2, 0.25) is 0 Å². The number of ether oxygens (including phenoxy) is 1. The molecule has 0 N–H and O–H groups in total. The van der Waals surface area contributed by atoms with Crippen molar-refractivity contribution in [3.8, 4) is 10.6 Å². The van der Waals surface area contributed by atoms with Crippen molar-refractivity contribution in [2.75, 3.05) is 0 Å². The molecule has 3 aromatic carbocycles.